The van der Waals surface area contributed by atoms with Crippen LogP contribution in [0.25, 0.3) is 0 Å². The molecule has 3 rings (SSSR count). The third-order valence-corrected chi connectivity index (χ3v) is 8.33. The molecule has 1 aliphatic carbocycles. The van der Waals surface area contributed by atoms with E-state index in [0.717, 1.165) is 48.2 Å². The third-order valence-electron chi connectivity index (χ3n) is 6.94. The maximum Gasteiger partial charge on any atom is 0.244 e. The summed E-state index contributed by atoms with van der Waals surface area (Å²) in [6.07, 6.45) is 6.50. The van der Waals surface area contributed by atoms with Gasteiger partial charge in [-0.2, -0.15) is 0 Å². The molecule has 1 aliphatic rings. The van der Waals surface area contributed by atoms with Gasteiger partial charge in [-0.05, 0) is 49.1 Å². The highest BCUT2D eigenvalue weighted by atomic mass is 35.5. The van der Waals surface area contributed by atoms with Crippen molar-refractivity contribution in [3.8, 4) is 11.5 Å². The smallest absolute Gasteiger partial charge is 0.244 e. The molecule has 0 aliphatic heterocycles. The maximum absolute atomic E-state index is 13.9. The van der Waals surface area contributed by atoms with Crippen LogP contribution in [0.1, 0.15) is 51.0 Å². The van der Waals surface area contributed by atoms with Gasteiger partial charge in [0.25, 0.3) is 0 Å². The average Bonchev–Trinajstić information content (AvgIpc) is 2.92. The number of anilines is 1. The normalized spacial score (nSPS) is 14.8. The second-order valence-electron chi connectivity index (χ2n) is 9.72. The molecule has 39 heavy (non-hydrogen) atoms. The number of amides is 2. The van der Waals surface area contributed by atoms with Crippen LogP contribution in [-0.4, -0.2) is 64.2 Å². The molecule has 11 heteroatoms. The van der Waals surface area contributed by atoms with Crippen LogP contribution in [-0.2, 0) is 26.2 Å². The number of nitrogens with zero attached hydrogens (tertiary/aromatic N) is 2. The number of rotatable bonds is 12. The minimum atomic E-state index is -3.87. The second kappa shape index (κ2) is 13.9. The summed E-state index contributed by atoms with van der Waals surface area (Å²) in [4.78, 5) is 28.8. The van der Waals surface area contributed by atoms with E-state index in [1.54, 1.807) is 36.4 Å². The Balaban J connectivity index is 1.94. The van der Waals surface area contributed by atoms with E-state index in [1.807, 2.05) is 6.92 Å². The monoisotopic (exact) mass is 579 g/mol. The number of benzene rings is 2. The highest BCUT2D eigenvalue weighted by Crippen LogP contribution is 2.32. The van der Waals surface area contributed by atoms with Crippen molar-refractivity contribution in [2.75, 3.05) is 31.3 Å². The first kappa shape index (κ1) is 30.6. The number of halogens is 1. The number of carbonyl (C=O) groups is 2. The van der Waals surface area contributed by atoms with Crippen LogP contribution >= 0.6 is 11.6 Å². The molecule has 0 saturated heterocycles. The Morgan fingerprint density at radius 2 is 1.67 bits per heavy atom. The summed E-state index contributed by atoms with van der Waals surface area (Å²) >= 11 is 6.06. The fourth-order valence-corrected chi connectivity index (χ4v) is 5.81. The van der Waals surface area contributed by atoms with Gasteiger partial charge < -0.3 is 19.7 Å². The van der Waals surface area contributed by atoms with Crippen molar-refractivity contribution < 1.29 is 27.5 Å². The van der Waals surface area contributed by atoms with Crippen molar-refractivity contribution >= 4 is 39.1 Å². The first-order valence-electron chi connectivity index (χ1n) is 13.1. The van der Waals surface area contributed by atoms with Crippen LogP contribution in [0.2, 0.25) is 5.02 Å². The molecule has 0 bridgehead atoms. The molecule has 0 spiro atoms. The molecule has 0 unspecified atom stereocenters. The zero-order valence-corrected chi connectivity index (χ0v) is 24.6. The quantitative estimate of drug-likeness (QED) is 0.400. The lowest BCUT2D eigenvalue weighted by Gasteiger charge is -2.34. The van der Waals surface area contributed by atoms with Gasteiger partial charge in [-0.3, -0.25) is 13.9 Å². The third kappa shape index (κ3) is 8.25. The Morgan fingerprint density at radius 3 is 2.23 bits per heavy atom. The fourth-order valence-electron chi connectivity index (χ4n) is 4.84. The summed E-state index contributed by atoms with van der Waals surface area (Å²) in [6, 6.07) is 10.9. The van der Waals surface area contributed by atoms with Crippen molar-refractivity contribution in [3.05, 3.63) is 53.1 Å². The van der Waals surface area contributed by atoms with Crippen molar-refractivity contribution in [2.45, 2.75) is 64.1 Å². The van der Waals surface area contributed by atoms with Gasteiger partial charge in [-0.25, -0.2) is 8.42 Å². The highest BCUT2D eigenvalue weighted by molar-refractivity contribution is 7.92. The first-order chi connectivity index (χ1) is 18.6. The second-order valence-corrected chi connectivity index (χ2v) is 12.1. The van der Waals surface area contributed by atoms with Crippen molar-refractivity contribution in [2.24, 2.45) is 0 Å². The number of nitrogens with one attached hydrogen (secondary N) is 1. The van der Waals surface area contributed by atoms with Gasteiger partial charge in [0.15, 0.2) is 11.5 Å². The number of sulfonamides is 1. The number of carbonyl (C=O) groups excluding carboxylic acids is 2. The molecule has 0 radical (unpaired) electrons. The number of methoxy groups -OCH3 is 2. The van der Waals surface area contributed by atoms with Crippen LogP contribution in [0, 0.1) is 0 Å². The molecule has 0 aromatic heterocycles. The minimum absolute atomic E-state index is 0.0760. The molecule has 9 nitrogen and oxygen atoms in total. The lowest BCUT2D eigenvalue weighted by Crippen LogP contribution is -2.53. The van der Waals surface area contributed by atoms with Gasteiger partial charge in [0.05, 0.1) is 26.2 Å². The molecule has 1 saturated carbocycles. The summed E-state index contributed by atoms with van der Waals surface area (Å²) < 4.78 is 37.3. The Morgan fingerprint density at radius 1 is 1.03 bits per heavy atom. The molecular formula is C28H38ClN3O6S. The van der Waals surface area contributed by atoms with Gasteiger partial charge in [-0.15, -0.1) is 0 Å². The van der Waals surface area contributed by atoms with Crippen LogP contribution in [0.4, 0.5) is 5.69 Å². The van der Waals surface area contributed by atoms with Gasteiger partial charge in [-0.1, -0.05) is 49.9 Å². The molecule has 214 valence electrons. The van der Waals surface area contributed by atoms with Crippen molar-refractivity contribution in [1.29, 1.82) is 0 Å². The molecule has 0 heterocycles. The van der Waals surface area contributed by atoms with Crippen molar-refractivity contribution in [3.63, 3.8) is 0 Å². The lowest BCUT2D eigenvalue weighted by molar-refractivity contribution is -0.140. The Bertz CT molecular complexity index is 1230. The summed E-state index contributed by atoms with van der Waals surface area (Å²) in [5.41, 5.74) is 1.02. The molecule has 2 amide bonds. The van der Waals surface area contributed by atoms with Gasteiger partial charge in [0.1, 0.15) is 12.6 Å². The van der Waals surface area contributed by atoms with Gasteiger partial charge in [0.2, 0.25) is 21.8 Å². The van der Waals surface area contributed by atoms with E-state index in [4.69, 9.17) is 21.1 Å². The molecule has 2 aromatic carbocycles. The predicted octanol–water partition coefficient (Wildman–Crippen LogP) is 4.38. The topological polar surface area (TPSA) is 105 Å². The lowest BCUT2D eigenvalue weighted by atomic mass is 9.95. The van der Waals surface area contributed by atoms with E-state index in [0.29, 0.717) is 22.9 Å². The molecular weight excluding hydrogens is 542 g/mol. The summed E-state index contributed by atoms with van der Waals surface area (Å²) in [5.74, 6) is 0.0165. The Kier molecular flexibility index (Phi) is 10.9. The van der Waals surface area contributed by atoms with E-state index < -0.39 is 28.5 Å². The highest BCUT2D eigenvalue weighted by Gasteiger charge is 2.33. The Hall–Kier alpha value is -2.98. The van der Waals surface area contributed by atoms with E-state index in [-0.39, 0.29) is 24.2 Å². The zero-order chi connectivity index (χ0) is 28.6. The fraction of sp³-hybridized carbons (Fsp3) is 0.500. The van der Waals surface area contributed by atoms with Crippen LogP contribution in [0.3, 0.4) is 0 Å². The predicted molar refractivity (Wildman–Crippen MR) is 153 cm³/mol. The molecule has 1 atom stereocenters. The standard InChI is InChI=1S/C28H38ClN3O6S/c1-5-24(28(34)30-22-9-7-6-8-10-22)31(18-20-11-13-21(29)14-12-20)27(33)19-32(39(4,35)36)23-15-16-25(37-2)26(17-23)38-3/h11-17,22,24H,5-10,18-19H2,1-4H3,(H,30,34)/t24-/m1/s1. The molecule has 2 aromatic rings. The van der Waals surface area contributed by atoms with E-state index in [2.05, 4.69) is 5.32 Å². The summed E-state index contributed by atoms with van der Waals surface area (Å²) in [6.45, 7) is 1.47. The molecule has 1 N–H and O–H groups in total. The van der Waals surface area contributed by atoms with E-state index in [9.17, 15) is 18.0 Å². The van der Waals surface area contributed by atoms with Gasteiger partial charge >= 0.3 is 0 Å². The van der Waals surface area contributed by atoms with Crippen LogP contribution in [0.5, 0.6) is 11.5 Å². The van der Waals surface area contributed by atoms with Crippen LogP contribution in [0.15, 0.2) is 42.5 Å². The number of hydrogen-bond donors (Lipinski definition) is 1. The van der Waals surface area contributed by atoms with Crippen molar-refractivity contribution in [1.82, 2.24) is 10.2 Å². The first-order valence-corrected chi connectivity index (χ1v) is 15.3. The van der Waals surface area contributed by atoms with E-state index in [1.165, 1.54) is 25.2 Å². The maximum atomic E-state index is 13.9. The van der Waals surface area contributed by atoms with E-state index >= 15 is 0 Å². The average molecular weight is 580 g/mol. The SMILES string of the molecule is CC[C@H](C(=O)NC1CCCCC1)N(Cc1ccc(Cl)cc1)C(=O)CN(c1ccc(OC)c(OC)c1)S(C)(=O)=O. The van der Waals surface area contributed by atoms with Crippen LogP contribution < -0.4 is 19.1 Å². The number of hydrogen-bond acceptors (Lipinski definition) is 6. The Labute approximate surface area is 236 Å². The minimum Gasteiger partial charge on any atom is -0.493 e. The zero-order valence-electron chi connectivity index (χ0n) is 23.0. The summed E-state index contributed by atoms with van der Waals surface area (Å²) in [5, 5.41) is 3.68. The number of ether oxygens (including phenoxy) is 2. The largest absolute Gasteiger partial charge is 0.493 e. The molecule has 1 fully saturated rings. The summed E-state index contributed by atoms with van der Waals surface area (Å²) in [7, 11) is -0.947. The van der Waals surface area contributed by atoms with Gasteiger partial charge in [0, 0.05) is 23.7 Å².